The topological polar surface area (TPSA) is 95.1 Å². The van der Waals surface area contributed by atoms with Crippen molar-refractivity contribution in [3.63, 3.8) is 0 Å². The van der Waals surface area contributed by atoms with Crippen LogP contribution < -0.4 is 5.73 Å². The second-order valence-corrected chi connectivity index (χ2v) is 5.49. The predicted molar refractivity (Wildman–Crippen MR) is 53.8 cm³/mol. The van der Waals surface area contributed by atoms with Crippen molar-refractivity contribution in [3.8, 4) is 0 Å². The fraction of sp³-hybridized carbons (Fsp3) is 0.429. The predicted octanol–water partition coefficient (Wildman–Crippen LogP) is -0.00558. The van der Waals surface area contributed by atoms with E-state index in [0.29, 0.717) is 12.4 Å². The molecule has 0 aliphatic carbocycles. The van der Waals surface area contributed by atoms with E-state index in [1.54, 1.807) is 6.92 Å². The zero-order chi connectivity index (χ0) is 11.6. The van der Waals surface area contributed by atoms with Crippen LogP contribution >= 0.6 is 10.7 Å². The summed E-state index contributed by atoms with van der Waals surface area (Å²) in [6.45, 7) is 1.91. The number of primary amides is 1. The molecule has 6 nitrogen and oxygen atoms in total. The molecule has 0 aliphatic heterocycles. The van der Waals surface area contributed by atoms with E-state index in [9.17, 15) is 13.2 Å². The molecule has 1 rings (SSSR count). The Morgan fingerprint density at radius 2 is 2.27 bits per heavy atom. The first-order valence-corrected chi connectivity index (χ1v) is 6.38. The molecule has 8 heteroatoms. The van der Waals surface area contributed by atoms with Gasteiger partial charge >= 0.3 is 0 Å². The molecule has 15 heavy (non-hydrogen) atoms. The van der Waals surface area contributed by atoms with Crippen molar-refractivity contribution in [3.05, 3.63) is 12.0 Å². The molecular weight excluding hydrogens is 242 g/mol. The number of hydrogen-bond donors (Lipinski definition) is 1. The molecule has 0 fully saturated rings. The van der Waals surface area contributed by atoms with Crippen LogP contribution in [0.15, 0.2) is 11.2 Å². The molecular formula is C7H10ClN3O3S. The van der Waals surface area contributed by atoms with E-state index in [0.717, 1.165) is 0 Å². The highest BCUT2D eigenvalue weighted by atomic mass is 35.7. The molecule has 0 atom stereocenters. The third kappa shape index (κ3) is 3.21. The molecule has 1 amide bonds. The van der Waals surface area contributed by atoms with Gasteiger partial charge in [0.15, 0.2) is 5.03 Å². The molecule has 0 saturated carbocycles. The number of imidazole rings is 1. The number of halogens is 1. The van der Waals surface area contributed by atoms with Crippen molar-refractivity contribution >= 4 is 25.6 Å². The molecule has 84 valence electrons. The lowest BCUT2D eigenvalue weighted by atomic mass is 10.4. The summed E-state index contributed by atoms with van der Waals surface area (Å²) in [7, 11) is 1.29. The van der Waals surface area contributed by atoms with Crippen LogP contribution in [0, 0.1) is 6.92 Å². The van der Waals surface area contributed by atoms with Gasteiger partial charge in [0.25, 0.3) is 9.05 Å². The lowest BCUT2D eigenvalue weighted by Crippen LogP contribution is -2.14. The summed E-state index contributed by atoms with van der Waals surface area (Å²) >= 11 is 0. The van der Waals surface area contributed by atoms with Crippen LogP contribution in [-0.2, 0) is 20.4 Å². The molecule has 2 N–H and O–H groups in total. The van der Waals surface area contributed by atoms with Crippen molar-refractivity contribution in [2.75, 3.05) is 0 Å². The lowest BCUT2D eigenvalue weighted by molar-refractivity contribution is -0.118. The van der Waals surface area contributed by atoms with Gasteiger partial charge in [-0.15, -0.1) is 0 Å². The number of nitrogens with zero attached hydrogens (tertiary/aromatic N) is 2. The maximum Gasteiger partial charge on any atom is 0.280 e. The fourth-order valence-electron chi connectivity index (χ4n) is 1.05. The number of aryl methyl sites for hydroxylation is 2. The summed E-state index contributed by atoms with van der Waals surface area (Å²) in [5.74, 6) is 0.00820. The molecule has 0 bridgehead atoms. The molecule has 0 spiro atoms. The van der Waals surface area contributed by atoms with Crippen LogP contribution in [0.4, 0.5) is 0 Å². The summed E-state index contributed by atoms with van der Waals surface area (Å²) in [6, 6.07) is 0. The summed E-state index contributed by atoms with van der Waals surface area (Å²) in [5, 5.41) is -0.217. The van der Waals surface area contributed by atoms with Crippen molar-refractivity contribution in [2.24, 2.45) is 5.73 Å². The van der Waals surface area contributed by atoms with Gasteiger partial charge in [-0.3, -0.25) is 4.79 Å². The first-order valence-electron chi connectivity index (χ1n) is 4.07. The van der Waals surface area contributed by atoms with Crippen molar-refractivity contribution < 1.29 is 13.2 Å². The third-order valence-corrected chi connectivity index (χ3v) is 2.97. The van der Waals surface area contributed by atoms with E-state index in [1.807, 2.05) is 0 Å². The Bertz CT molecular complexity index is 480. The minimum Gasteiger partial charge on any atom is -0.370 e. The maximum absolute atomic E-state index is 10.9. The largest absolute Gasteiger partial charge is 0.370 e. The average molecular weight is 252 g/mol. The van der Waals surface area contributed by atoms with E-state index < -0.39 is 15.0 Å². The van der Waals surface area contributed by atoms with E-state index in [-0.39, 0.29) is 11.4 Å². The first-order chi connectivity index (χ1) is 6.80. The van der Waals surface area contributed by atoms with Crippen molar-refractivity contribution in [2.45, 2.75) is 24.9 Å². The highest BCUT2D eigenvalue weighted by Crippen LogP contribution is 2.14. The quantitative estimate of drug-likeness (QED) is 0.762. The van der Waals surface area contributed by atoms with Gasteiger partial charge in [0.2, 0.25) is 5.91 Å². The highest BCUT2D eigenvalue weighted by molar-refractivity contribution is 8.13. The summed E-state index contributed by atoms with van der Waals surface area (Å²) < 4.78 is 23.4. The average Bonchev–Trinajstić information content (AvgIpc) is 2.42. The number of nitrogens with two attached hydrogens (primary N) is 1. The maximum atomic E-state index is 10.9. The SMILES string of the molecule is Cc1nc(S(=O)(=O)Cl)cn1CCC(N)=O. The van der Waals surface area contributed by atoms with Gasteiger partial charge in [-0.05, 0) is 6.92 Å². The molecule has 0 aromatic carbocycles. The second kappa shape index (κ2) is 4.19. The Hall–Kier alpha value is -1.08. The molecule has 0 unspecified atom stereocenters. The van der Waals surface area contributed by atoms with Crippen molar-refractivity contribution in [1.82, 2.24) is 9.55 Å². The Balaban J connectivity index is 2.92. The van der Waals surface area contributed by atoms with Gasteiger partial charge in [0.1, 0.15) is 5.82 Å². The third-order valence-electron chi connectivity index (χ3n) is 1.80. The van der Waals surface area contributed by atoms with Crippen LogP contribution in [0.5, 0.6) is 0 Å². The Labute approximate surface area is 91.5 Å². The molecule has 1 heterocycles. The number of rotatable bonds is 4. The zero-order valence-corrected chi connectivity index (χ0v) is 9.55. The van der Waals surface area contributed by atoms with Gasteiger partial charge in [-0.1, -0.05) is 0 Å². The van der Waals surface area contributed by atoms with Crippen LogP contribution in [0.25, 0.3) is 0 Å². The number of amides is 1. The zero-order valence-electron chi connectivity index (χ0n) is 7.97. The van der Waals surface area contributed by atoms with Crippen LogP contribution in [0.3, 0.4) is 0 Å². The fourth-order valence-corrected chi connectivity index (χ4v) is 1.77. The van der Waals surface area contributed by atoms with Crippen LogP contribution in [0.1, 0.15) is 12.2 Å². The minimum atomic E-state index is -3.82. The second-order valence-electron chi connectivity index (χ2n) is 2.97. The van der Waals surface area contributed by atoms with E-state index in [1.165, 1.54) is 10.8 Å². The normalized spacial score (nSPS) is 11.6. The molecule has 1 aromatic rings. The van der Waals surface area contributed by atoms with E-state index >= 15 is 0 Å². The molecule has 0 aliphatic rings. The Morgan fingerprint density at radius 3 is 2.67 bits per heavy atom. The molecule has 0 radical (unpaired) electrons. The molecule has 1 aromatic heterocycles. The van der Waals surface area contributed by atoms with Gasteiger partial charge in [-0.2, -0.15) is 0 Å². The van der Waals surface area contributed by atoms with E-state index in [4.69, 9.17) is 16.4 Å². The van der Waals surface area contributed by atoms with E-state index in [2.05, 4.69) is 4.98 Å². The number of carbonyl (C=O) groups excluding carboxylic acids is 1. The smallest absolute Gasteiger partial charge is 0.280 e. The molecule has 0 saturated heterocycles. The minimum absolute atomic E-state index is 0.124. The lowest BCUT2D eigenvalue weighted by Gasteiger charge is -2.00. The number of hydrogen-bond acceptors (Lipinski definition) is 4. The Kier molecular flexibility index (Phi) is 3.35. The standard InChI is InChI=1S/C7H10ClN3O3S/c1-5-10-7(15(8,13)14)4-11(5)3-2-6(9)12/h4H,2-3H2,1H3,(H2,9,12). The van der Waals surface area contributed by atoms with Crippen molar-refractivity contribution in [1.29, 1.82) is 0 Å². The van der Waals surface area contributed by atoms with Gasteiger partial charge in [0, 0.05) is 29.8 Å². The van der Waals surface area contributed by atoms with Gasteiger partial charge < -0.3 is 10.3 Å². The Morgan fingerprint density at radius 1 is 1.67 bits per heavy atom. The van der Waals surface area contributed by atoms with Gasteiger partial charge in [0.05, 0.1) is 0 Å². The first kappa shape index (κ1) is 12.0. The highest BCUT2D eigenvalue weighted by Gasteiger charge is 2.15. The summed E-state index contributed by atoms with van der Waals surface area (Å²) in [4.78, 5) is 14.3. The van der Waals surface area contributed by atoms with Crippen LogP contribution in [0.2, 0.25) is 0 Å². The number of carbonyl (C=O) groups is 1. The van der Waals surface area contributed by atoms with Gasteiger partial charge in [-0.25, -0.2) is 13.4 Å². The summed E-state index contributed by atoms with van der Waals surface area (Å²) in [6.07, 6.45) is 1.40. The monoisotopic (exact) mass is 251 g/mol. The summed E-state index contributed by atoms with van der Waals surface area (Å²) in [5.41, 5.74) is 4.97. The van der Waals surface area contributed by atoms with Crippen LogP contribution in [-0.4, -0.2) is 23.9 Å². The number of aromatic nitrogens is 2.